The molecule has 1 nitrogen and oxygen atoms in total. The van der Waals surface area contributed by atoms with E-state index in [9.17, 15) is 0 Å². The fourth-order valence-electron chi connectivity index (χ4n) is 1.41. The minimum atomic E-state index is 0.465. The van der Waals surface area contributed by atoms with Crippen LogP contribution in [0.5, 0.6) is 0 Å². The summed E-state index contributed by atoms with van der Waals surface area (Å²) in [5.41, 5.74) is 0. The van der Waals surface area contributed by atoms with Gasteiger partial charge in [-0.1, -0.05) is 13.0 Å². The second-order valence-electron chi connectivity index (χ2n) is 3.11. The zero-order valence-electron chi connectivity index (χ0n) is 8.42. The molecule has 0 aromatic carbocycles. The van der Waals surface area contributed by atoms with Gasteiger partial charge in [0.25, 0.3) is 0 Å². The minimum absolute atomic E-state index is 0.465. The highest BCUT2D eigenvalue weighted by Crippen LogP contribution is 2.31. The zero-order valence-corrected chi connectivity index (χ0v) is 10.8. The van der Waals surface area contributed by atoms with Crippen molar-refractivity contribution in [3.63, 3.8) is 0 Å². The van der Waals surface area contributed by atoms with Crippen LogP contribution in [0, 0.1) is 0 Å². The molecule has 1 aromatic heterocycles. The maximum absolute atomic E-state index is 3.76. The molecule has 0 bridgehead atoms. The highest BCUT2D eigenvalue weighted by atomic mass is 79.9. The Bertz CT molecular complexity index is 283. The van der Waals surface area contributed by atoms with Gasteiger partial charge in [0.15, 0.2) is 0 Å². The van der Waals surface area contributed by atoms with Gasteiger partial charge < -0.3 is 5.32 Å². The normalized spacial score (nSPS) is 12.7. The van der Waals surface area contributed by atoms with Crippen molar-refractivity contribution >= 4 is 27.3 Å². The molecule has 0 radical (unpaired) electrons. The molecule has 0 spiro atoms. The van der Waals surface area contributed by atoms with E-state index in [1.54, 1.807) is 11.3 Å². The molecular formula is C11H16BrNS. The first-order valence-electron chi connectivity index (χ1n) is 4.86. The predicted octanol–water partition coefficient (Wildman–Crippen LogP) is 4.13. The van der Waals surface area contributed by atoms with Crippen LogP contribution in [0.3, 0.4) is 0 Å². The van der Waals surface area contributed by atoms with Crippen LogP contribution < -0.4 is 5.32 Å². The lowest BCUT2D eigenvalue weighted by Gasteiger charge is -2.16. The van der Waals surface area contributed by atoms with E-state index in [1.807, 2.05) is 6.08 Å². The molecule has 1 rings (SSSR count). The molecule has 1 heterocycles. The van der Waals surface area contributed by atoms with Crippen molar-refractivity contribution in [1.82, 2.24) is 5.32 Å². The number of rotatable bonds is 6. The first-order chi connectivity index (χ1) is 6.79. The van der Waals surface area contributed by atoms with Gasteiger partial charge in [-0.05, 0) is 46.8 Å². The molecule has 1 aromatic rings. The Labute approximate surface area is 98.4 Å². The van der Waals surface area contributed by atoms with Crippen molar-refractivity contribution < 1.29 is 0 Å². The summed E-state index contributed by atoms with van der Waals surface area (Å²) in [5, 5.41) is 5.62. The first kappa shape index (κ1) is 12.0. The van der Waals surface area contributed by atoms with Gasteiger partial charge in [0.1, 0.15) is 0 Å². The van der Waals surface area contributed by atoms with Crippen molar-refractivity contribution in [3.8, 4) is 0 Å². The lowest BCUT2D eigenvalue weighted by atomic mass is 10.1. The molecule has 1 atom stereocenters. The monoisotopic (exact) mass is 273 g/mol. The fourth-order valence-corrected chi connectivity index (χ4v) is 3.17. The molecule has 14 heavy (non-hydrogen) atoms. The van der Waals surface area contributed by atoms with Crippen molar-refractivity contribution in [3.05, 3.63) is 33.5 Å². The molecule has 3 heteroatoms. The van der Waals surface area contributed by atoms with Crippen molar-refractivity contribution in [1.29, 1.82) is 0 Å². The van der Waals surface area contributed by atoms with E-state index in [1.165, 1.54) is 9.35 Å². The van der Waals surface area contributed by atoms with E-state index < -0.39 is 0 Å². The van der Waals surface area contributed by atoms with Crippen molar-refractivity contribution in [2.24, 2.45) is 0 Å². The standard InChI is InChI=1S/C11H16BrNS/c1-3-5-6-10(13-4-2)11-9(12)7-8-14-11/h3,7-8,10,13H,1,4-6H2,2H3. The summed E-state index contributed by atoms with van der Waals surface area (Å²) < 4.78 is 1.22. The molecule has 0 fully saturated rings. The van der Waals surface area contributed by atoms with Gasteiger partial charge in [0.05, 0.1) is 0 Å². The minimum Gasteiger partial charge on any atom is -0.309 e. The number of allylic oxidation sites excluding steroid dienone is 1. The van der Waals surface area contributed by atoms with Gasteiger partial charge in [-0.3, -0.25) is 0 Å². The van der Waals surface area contributed by atoms with Crippen LogP contribution >= 0.6 is 27.3 Å². The van der Waals surface area contributed by atoms with Gasteiger partial charge >= 0.3 is 0 Å². The van der Waals surface area contributed by atoms with Crippen LogP contribution in [0.2, 0.25) is 0 Å². The predicted molar refractivity (Wildman–Crippen MR) is 67.9 cm³/mol. The maximum atomic E-state index is 3.76. The average Bonchev–Trinajstić information content (AvgIpc) is 2.59. The summed E-state index contributed by atoms with van der Waals surface area (Å²) in [7, 11) is 0. The SMILES string of the molecule is C=CCCC(NCC)c1sccc1Br. The lowest BCUT2D eigenvalue weighted by molar-refractivity contribution is 0.526. The summed E-state index contributed by atoms with van der Waals surface area (Å²) >= 11 is 5.38. The quantitative estimate of drug-likeness (QED) is 0.769. The molecule has 1 N–H and O–H groups in total. The molecule has 0 saturated heterocycles. The van der Waals surface area contributed by atoms with Crippen molar-refractivity contribution in [2.75, 3.05) is 6.54 Å². The average molecular weight is 274 g/mol. The molecule has 78 valence electrons. The number of hydrogen-bond donors (Lipinski definition) is 1. The molecule has 1 unspecified atom stereocenters. The van der Waals surface area contributed by atoms with E-state index >= 15 is 0 Å². The maximum Gasteiger partial charge on any atom is 0.0429 e. The third kappa shape index (κ3) is 3.23. The van der Waals surface area contributed by atoms with Gasteiger partial charge in [0, 0.05) is 15.4 Å². The topological polar surface area (TPSA) is 12.0 Å². The number of hydrogen-bond acceptors (Lipinski definition) is 2. The van der Waals surface area contributed by atoms with Crippen LogP contribution in [0.15, 0.2) is 28.6 Å². The van der Waals surface area contributed by atoms with E-state index in [0.29, 0.717) is 6.04 Å². The molecule has 0 aliphatic heterocycles. The largest absolute Gasteiger partial charge is 0.309 e. The second-order valence-corrected chi connectivity index (χ2v) is 4.91. The Balaban J connectivity index is 2.66. The summed E-state index contributed by atoms with van der Waals surface area (Å²) in [5.74, 6) is 0. The van der Waals surface area contributed by atoms with Crippen LogP contribution in [0.25, 0.3) is 0 Å². The van der Waals surface area contributed by atoms with Gasteiger partial charge in [0.2, 0.25) is 0 Å². The number of nitrogens with one attached hydrogen (secondary N) is 1. The summed E-state index contributed by atoms with van der Waals surface area (Å²) in [4.78, 5) is 1.40. The Morgan fingerprint density at radius 3 is 3.00 bits per heavy atom. The summed E-state index contributed by atoms with van der Waals surface area (Å²) in [6, 6.07) is 2.57. The van der Waals surface area contributed by atoms with E-state index in [2.05, 4.69) is 46.2 Å². The molecular weight excluding hydrogens is 258 g/mol. The van der Waals surface area contributed by atoms with E-state index in [0.717, 1.165) is 19.4 Å². The number of halogens is 1. The van der Waals surface area contributed by atoms with E-state index in [4.69, 9.17) is 0 Å². The Hall–Kier alpha value is -0.120. The van der Waals surface area contributed by atoms with Crippen LogP contribution in [0.1, 0.15) is 30.7 Å². The molecule has 0 aliphatic carbocycles. The third-order valence-electron chi connectivity index (χ3n) is 2.07. The van der Waals surface area contributed by atoms with Gasteiger partial charge in [-0.15, -0.1) is 17.9 Å². The smallest absolute Gasteiger partial charge is 0.0429 e. The highest BCUT2D eigenvalue weighted by Gasteiger charge is 2.13. The first-order valence-corrected chi connectivity index (χ1v) is 6.54. The Morgan fingerprint density at radius 2 is 2.50 bits per heavy atom. The van der Waals surface area contributed by atoms with Gasteiger partial charge in [-0.25, -0.2) is 0 Å². The molecule has 0 amide bonds. The second kappa shape index (κ2) is 6.38. The third-order valence-corrected chi connectivity index (χ3v) is 4.06. The molecule has 0 saturated carbocycles. The Kier molecular flexibility index (Phi) is 5.45. The highest BCUT2D eigenvalue weighted by molar-refractivity contribution is 9.10. The summed E-state index contributed by atoms with van der Waals surface area (Å²) in [6.07, 6.45) is 4.16. The lowest BCUT2D eigenvalue weighted by Crippen LogP contribution is -2.20. The molecule has 0 aliphatic rings. The van der Waals surface area contributed by atoms with Crippen LogP contribution in [-0.2, 0) is 0 Å². The summed E-state index contributed by atoms with van der Waals surface area (Å²) in [6.45, 7) is 6.91. The Morgan fingerprint density at radius 1 is 1.71 bits per heavy atom. The fraction of sp³-hybridized carbons (Fsp3) is 0.455. The zero-order chi connectivity index (χ0) is 10.4. The van der Waals surface area contributed by atoms with Crippen molar-refractivity contribution in [2.45, 2.75) is 25.8 Å². The van der Waals surface area contributed by atoms with Gasteiger partial charge in [-0.2, -0.15) is 0 Å². The number of thiophene rings is 1. The van der Waals surface area contributed by atoms with Crippen LogP contribution in [0.4, 0.5) is 0 Å². The van der Waals surface area contributed by atoms with Crippen LogP contribution in [-0.4, -0.2) is 6.54 Å². The van der Waals surface area contributed by atoms with E-state index in [-0.39, 0.29) is 0 Å².